The Bertz CT molecular complexity index is 976. The third-order valence-corrected chi connectivity index (χ3v) is 6.49. The average molecular weight is 445 g/mol. The third kappa shape index (κ3) is 6.09. The van der Waals surface area contributed by atoms with Crippen molar-refractivity contribution in [3.63, 3.8) is 0 Å². The lowest BCUT2D eigenvalue weighted by molar-refractivity contribution is -0.113. The van der Waals surface area contributed by atoms with Crippen LogP contribution in [0.15, 0.2) is 53.7 Å². The highest BCUT2D eigenvalue weighted by Crippen LogP contribution is 2.23. The van der Waals surface area contributed by atoms with E-state index in [2.05, 4.69) is 22.4 Å². The van der Waals surface area contributed by atoms with Crippen LogP contribution in [0, 0.1) is 5.82 Å². The normalized spacial score (nSPS) is 10.9. The summed E-state index contributed by atoms with van der Waals surface area (Å²) < 4.78 is 15.0. The van der Waals surface area contributed by atoms with Gasteiger partial charge in [0, 0.05) is 18.0 Å². The Balaban J connectivity index is 1.53. The topological polar surface area (TPSA) is 59.8 Å². The molecular weight excluding hydrogens is 419 g/mol. The summed E-state index contributed by atoms with van der Waals surface area (Å²) >= 11 is 3.10. The molecule has 5 nitrogen and oxygen atoms in total. The number of carbonyl (C=O) groups is 1. The van der Waals surface area contributed by atoms with E-state index in [1.165, 1.54) is 23.9 Å². The van der Waals surface area contributed by atoms with Crippen LogP contribution in [0.25, 0.3) is 0 Å². The lowest BCUT2D eigenvalue weighted by Crippen LogP contribution is -2.15. The molecule has 0 atom stereocenters. The first kappa shape index (κ1) is 22.4. The van der Waals surface area contributed by atoms with Gasteiger partial charge in [-0.2, -0.15) is 0 Å². The maximum atomic E-state index is 13.0. The molecule has 0 aliphatic carbocycles. The van der Waals surface area contributed by atoms with Gasteiger partial charge >= 0.3 is 0 Å². The SMILES string of the molecule is CCc1ccccc1NC(=O)CSc1nnc(CSCc2ccc(F)cc2)n1CC. The molecular formula is C22H25FN4OS2. The van der Waals surface area contributed by atoms with Crippen LogP contribution in [0.4, 0.5) is 10.1 Å². The number of rotatable bonds is 10. The molecule has 0 radical (unpaired) electrons. The van der Waals surface area contributed by atoms with Crippen molar-refractivity contribution in [2.75, 3.05) is 11.1 Å². The van der Waals surface area contributed by atoms with Gasteiger partial charge in [0.1, 0.15) is 11.6 Å². The van der Waals surface area contributed by atoms with E-state index in [9.17, 15) is 9.18 Å². The molecule has 1 heterocycles. The highest BCUT2D eigenvalue weighted by molar-refractivity contribution is 7.99. The van der Waals surface area contributed by atoms with Gasteiger partial charge in [-0.05, 0) is 42.7 Å². The van der Waals surface area contributed by atoms with Crippen molar-refractivity contribution in [2.45, 2.75) is 43.5 Å². The second-order valence-corrected chi connectivity index (χ2v) is 8.54. The molecule has 0 unspecified atom stereocenters. The van der Waals surface area contributed by atoms with Crippen LogP contribution < -0.4 is 5.32 Å². The smallest absolute Gasteiger partial charge is 0.234 e. The lowest BCUT2D eigenvalue weighted by Gasteiger charge is -2.10. The van der Waals surface area contributed by atoms with Crippen LogP contribution in [0.3, 0.4) is 0 Å². The van der Waals surface area contributed by atoms with Crippen molar-refractivity contribution < 1.29 is 9.18 Å². The summed E-state index contributed by atoms with van der Waals surface area (Å²) in [5.74, 6) is 2.35. The summed E-state index contributed by atoms with van der Waals surface area (Å²) in [6.07, 6.45) is 0.868. The van der Waals surface area contributed by atoms with Crippen LogP contribution >= 0.6 is 23.5 Å². The summed E-state index contributed by atoms with van der Waals surface area (Å²) in [5.41, 5.74) is 3.05. The first-order chi connectivity index (χ1) is 14.6. The molecule has 158 valence electrons. The van der Waals surface area contributed by atoms with Gasteiger partial charge in [-0.1, -0.05) is 49.0 Å². The third-order valence-electron chi connectivity index (χ3n) is 4.53. The van der Waals surface area contributed by atoms with Crippen LogP contribution in [-0.4, -0.2) is 26.4 Å². The number of amides is 1. The molecule has 0 aliphatic heterocycles. The predicted octanol–water partition coefficient (Wildman–Crippen LogP) is 5.16. The molecule has 0 saturated carbocycles. The van der Waals surface area contributed by atoms with E-state index in [1.54, 1.807) is 23.9 Å². The van der Waals surface area contributed by atoms with E-state index in [4.69, 9.17) is 0 Å². The number of aromatic nitrogens is 3. The van der Waals surface area contributed by atoms with Crippen LogP contribution in [-0.2, 0) is 29.3 Å². The molecule has 1 amide bonds. The maximum absolute atomic E-state index is 13.0. The van der Waals surface area contributed by atoms with E-state index >= 15 is 0 Å². The van der Waals surface area contributed by atoms with Gasteiger partial charge in [-0.25, -0.2) is 4.39 Å². The number of hydrogen-bond acceptors (Lipinski definition) is 5. The summed E-state index contributed by atoms with van der Waals surface area (Å²) in [7, 11) is 0. The molecule has 0 spiro atoms. The summed E-state index contributed by atoms with van der Waals surface area (Å²) in [6, 6.07) is 14.4. The minimum atomic E-state index is -0.224. The van der Waals surface area contributed by atoms with Crippen molar-refractivity contribution >= 4 is 35.1 Å². The Hall–Kier alpha value is -2.32. The van der Waals surface area contributed by atoms with Gasteiger partial charge in [0.2, 0.25) is 5.91 Å². The zero-order valence-electron chi connectivity index (χ0n) is 17.1. The number of halogens is 1. The Morgan fingerprint density at radius 2 is 1.83 bits per heavy atom. The molecule has 0 aliphatic rings. The van der Waals surface area contributed by atoms with Gasteiger partial charge in [0.25, 0.3) is 0 Å². The van der Waals surface area contributed by atoms with Gasteiger partial charge in [-0.3, -0.25) is 4.79 Å². The predicted molar refractivity (Wildman–Crippen MR) is 122 cm³/mol. The van der Waals surface area contributed by atoms with E-state index in [1.807, 2.05) is 35.8 Å². The average Bonchev–Trinajstić information content (AvgIpc) is 3.16. The van der Waals surface area contributed by atoms with Crippen molar-refractivity contribution in [2.24, 2.45) is 0 Å². The standard InChI is InChI=1S/C22H25FN4OS2/c1-3-17-7-5-6-8-19(17)24-21(28)15-30-22-26-25-20(27(22)4-2)14-29-13-16-9-11-18(23)12-10-16/h5-12H,3-4,13-15H2,1-2H3,(H,24,28). The molecule has 8 heteroatoms. The zero-order chi connectivity index (χ0) is 21.3. The van der Waals surface area contributed by atoms with E-state index in [0.29, 0.717) is 5.75 Å². The van der Waals surface area contributed by atoms with E-state index in [-0.39, 0.29) is 17.5 Å². The number of thioether (sulfide) groups is 2. The van der Waals surface area contributed by atoms with Crippen LogP contribution in [0.1, 0.15) is 30.8 Å². The maximum Gasteiger partial charge on any atom is 0.234 e. The highest BCUT2D eigenvalue weighted by Gasteiger charge is 2.14. The van der Waals surface area contributed by atoms with Gasteiger partial charge in [0.05, 0.1) is 11.5 Å². The largest absolute Gasteiger partial charge is 0.325 e. The Morgan fingerprint density at radius 1 is 1.07 bits per heavy atom. The monoisotopic (exact) mass is 444 g/mol. The van der Waals surface area contributed by atoms with Crippen LogP contribution in [0.2, 0.25) is 0 Å². The summed E-state index contributed by atoms with van der Waals surface area (Å²) in [4.78, 5) is 12.4. The number of nitrogens with one attached hydrogen (secondary N) is 1. The Morgan fingerprint density at radius 3 is 2.57 bits per heavy atom. The van der Waals surface area contributed by atoms with E-state index < -0.39 is 0 Å². The number of carbonyl (C=O) groups excluding carboxylic acids is 1. The number of aryl methyl sites for hydroxylation is 1. The van der Waals surface area contributed by atoms with Crippen molar-refractivity contribution in [1.29, 1.82) is 0 Å². The molecule has 0 fully saturated rings. The van der Waals surface area contributed by atoms with Gasteiger partial charge in [-0.15, -0.1) is 22.0 Å². The number of anilines is 1. The van der Waals surface area contributed by atoms with Crippen molar-refractivity contribution in [3.8, 4) is 0 Å². The molecule has 3 rings (SSSR count). The second kappa shape index (κ2) is 11.2. The number of para-hydroxylation sites is 1. The van der Waals surface area contributed by atoms with Crippen molar-refractivity contribution in [3.05, 3.63) is 71.3 Å². The zero-order valence-corrected chi connectivity index (χ0v) is 18.7. The molecule has 3 aromatic rings. The fourth-order valence-electron chi connectivity index (χ4n) is 2.96. The summed E-state index contributed by atoms with van der Waals surface area (Å²) in [6.45, 7) is 4.85. The molecule has 1 aromatic heterocycles. The second-order valence-electron chi connectivity index (χ2n) is 6.61. The molecule has 1 N–H and O–H groups in total. The van der Waals surface area contributed by atoms with Crippen LogP contribution in [0.5, 0.6) is 0 Å². The number of nitrogens with zero attached hydrogens (tertiary/aromatic N) is 3. The molecule has 2 aromatic carbocycles. The number of benzene rings is 2. The molecule has 0 bridgehead atoms. The first-order valence-corrected chi connectivity index (χ1v) is 12.0. The molecule has 30 heavy (non-hydrogen) atoms. The van der Waals surface area contributed by atoms with Gasteiger partial charge < -0.3 is 9.88 Å². The first-order valence-electron chi connectivity index (χ1n) is 9.85. The highest BCUT2D eigenvalue weighted by atomic mass is 32.2. The minimum absolute atomic E-state index is 0.0567. The quantitative estimate of drug-likeness (QED) is 0.438. The fourth-order valence-corrected chi connectivity index (χ4v) is 4.71. The van der Waals surface area contributed by atoms with Crippen molar-refractivity contribution in [1.82, 2.24) is 14.8 Å². The number of hydrogen-bond donors (Lipinski definition) is 1. The molecule has 0 saturated heterocycles. The fraction of sp³-hybridized carbons (Fsp3) is 0.318. The van der Waals surface area contributed by atoms with Gasteiger partial charge in [0.15, 0.2) is 5.16 Å². The van der Waals surface area contributed by atoms with E-state index in [0.717, 1.165) is 46.5 Å². The lowest BCUT2D eigenvalue weighted by atomic mass is 10.1. The Labute approximate surface area is 184 Å². The summed E-state index contributed by atoms with van der Waals surface area (Å²) in [5, 5.41) is 12.3. The minimum Gasteiger partial charge on any atom is -0.325 e. The Kier molecular flexibility index (Phi) is 8.33.